The van der Waals surface area contributed by atoms with Crippen LogP contribution in [0.2, 0.25) is 0 Å². The van der Waals surface area contributed by atoms with Gasteiger partial charge in [0.05, 0.1) is 0 Å². The third-order valence-corrected chi connectivity index (χ3v) is 13.8. The third kappa shape index (κ3) is 8.24. The van der Waals surface area contributed by atoms with Gasteiger partial charge in [-0.25, -0.2) is 0 Å². The Labute approximate surface area is 394 Å². The molecule has 0 aliphatic carbocycles. The molecule has 1 heterocycles. The van der Waals surface area contributed by atoms with E-state index >= 15 is 0 Å². The van der Waals surface area contributed by atoms with Crippen molar-refractivity contribution in [3.05, 3.63) is 248 Å². The normalized spacial score (nSPS) is 11.8. The average Bonchev–Trinajstić information content (AvgIpc) is 3.69. The zero-order chi connectivity index (χ0) is 45.3. The first-order valence-corrected chi connectivity index (χ1v) is 23.5. The zero-order valence-electron chi connectivity index (χ0n) is 38.3. The molecule has 0 fully saturated rings. The Bertz CT molecular complexity index is 3400. The van der Waals surface area contributed by atoms with Gasteiger partial charge in [0.1, 0.15) is 0 Å². The van der Waals surface area contributed by atoms with Gasteiger partial charge in [0.2, 0.25) is 0 Å². The van der Waals surface area contributed by atoms with Crippen LogP contribution in [0.1, 0.15) is 31.7 Å². The molecule has 10 aromatic carbocycles. The predicted octanol–water partition coefficient (Wildman–Crippen LogP) is 18.3. The minimum atomic E-state index is 0.588. The maximum atomic E-state index is 2.36. The van der Waals surface area contributed by atoms with E-state index < -0.39 is 0 Å². The summed E-state index contributed by atoms with van der Waals surface area (Å²) in [5.74, 6) is 0.588. The molecule has 2 heteroatoms. The number of anilines is 3. The summed E-state index contributed by atoms with van der Waals surface area (Å²) in [5, 5.41) is 2.54. The fourth-order valence-corrected chi connectivity index (χ4v) is 9.64. The summed E-state index contributed by atoms with van der Waals surface area (Å²) in [6.07, 6.45) is 1.16. The second-order valence-corrected chi connectivity index (χ2v) is 17.8. The highest BCUT2D eigenvalue weighted by molar-refractivity contribution is 6.10. The van der Waals surface area contributed by atoms with Gasteiger partial charge in [-0.05, 0) is 145 Å². The smallest absolute Gasteiger partial charge is 0.0489 e. The number of hydrogen-bond acceptors (Lipinski definition) is 1. The van der Waals surface area contributed by atoms with E-state index in [4.69, 9.17) is 0 Å². The van der Waals surface area contributed by atoms with Gasteiger partial charge in [0.15, 0.2) is 0 Å². The lowest BCUT2D eigenvalue weighted by Crippen LogP contribution is -2.09. The van der Waals surface area contributed by atoms with E-state index in [-0.39, 0.29) is 0 Å². The molecule has 1 aromatic heterocycles. The number of nitrogens with zero attached hydrogens (tertiary/aromatic N) is 2. The van der Waals surface area contributed by atoms with Crippen molar-refractivity contribution in [2.45, 2.75) is 26.2 Å². The minimum absolute atomic E-state index is 0.588. The number of aromatic nitrogens is 1. The summed E-state index contributed by atoms with van der Waals surface area (Å²) >= 11 is 0. The van der Waals surface area contributed by atoms with E-state index in [1.54, 1.807) is 0 Å². The Hall–Kier alpha value is -8.20. The van der Waals surface area contributed by atoms with Gasteiger partial charge in [0, 0.05) is 45.9 Å². The minimum Gasteiger partial charge on any atom is -0.344 e. The first kappa shape index (κ1) is 41.5. The first-order valence-electron chi connectivity index (χ1n) is 23.5. The van der Waals surface area contributed by atoms with E-state index in [0.29, 0.717) is 5.92 Å². The van der Waals surface area contributed by atoms with Crippen LogP contribution in [0.5, 0.6) is 0 Å². The fourth-order valence-electron chi connectivity index (χ4n) is 9.64. The molecule has 1 atom stereocenters. The summed E-state index contributed by atoms with van der Waals surface area (Å²) in [6.45, 7) is 4.54. The van der Waals surface area contributed by atoms with Crippen molar-refractivity contribution >= 4 is 38.9 Å². The number of fused-ring (bicyclic) bond motifs is 3. The van der Waals surface area contributed by atoms with Crippen LogP contribution in [0.3, 0.4) is 0 Å². The van der Waals surface area contributed by atoms with Crippen molar-refractivity contribution in [3.63, 3.8) is 0 Å². The molecule has 0 radical (unpaired) electrons. The van der Waals surface area contributed by atoms with Crippen LogP contribution in [0, 0.1) is 0 Å². The zero-order valence-corrected chi connectivity index (χ0v) is 38.3. The molecule has 11 aromatic rings. The van der Waals surface area contributed by atoms with Crippen molar-refractivity contribution in [2.24, 2.45) is 7.05 Å². The molecule has 0 amide bonds. The monoisotopic (exact) mass is 860 g/mol. The second-order valence-electron chi connectivity index (χ2n) is 17.8. The maximum absolute atomic E-state index is 2.36. The third-order valence-electron chi connectivity index (χ3n) is 13.8. The average molecular weight is 861 g/mol. The number of hydrogen-bond donors (Lipinski definition) is 0. The van der Waals surface area contributed by atoms with E-state index in [0.717, 1.165) is 23.5 Å². The summed E-state index contributed by atoms with van der Waals surface area (Å²) < 4.78 is 2.32. The van der Waals surface area contributed by atoms with Crippen molar-refractivity contribution < 1.29 is 0 Å². The van der Waals surface area contributed by atoms with E-state index in [9.17, 15) is 0 Å². The molecule has 67 heavy (non-hydrogen) atoms. The molecular formula is C65H52N2. The Morgan fingerprint density at radius 3 is 0.925 bits per heavy atom. The van der Waals surface area contributed by atoms with Gasteiger partial charge >= 0.3 is 0 Å². The highest BCUT2D eigenvalue weighted by Gasteiger charge is 2.14. The summed E-state index contributed by atoms with van der Waals surface area (Å²) in [7, 11) is 2.17. The SMILES string of the molecule is CC[C@@H](C)c1ccc(-c2ccc(-c3ccc(-c4ccc5c(c4)c4cc(-c6ccc(-c7ccc(-c8ccc(N(c9ccccc9)c9ccccc9)cc8)cc7)cc6)ccc4n5C)cc3)cc2)cc1. The highest BCUT2D eigenvalue weighted by Crippen LogP contribution is 2.38. The van der Waals surface area contributed by atoms with Crippen molar-refractivity contribution in [3.8, 4) is 66.8 Å². The molecule has 0 unspecified atom stereocenters. The molecule has 0 aliphatic heterocycles. The van der Waals surface area contributed by atoms with Crippen molar-refractivity contribution in [2.75, 3.05) is 4.90 Å². The molecule has 0 spiro atoms. The molecule has 0 saturated carbocycles. The van der Waals surface area contributed by atoms with E-state index in [1.165, 1.54) is 94.1 Å². The van der Waals surface area contributed by atoms with Gasteiger partial charge in [-0.3, -0.25) is 0 Å². The van der Waals surface area contributed by atoms with Gasteiger partial charge in [-0.15, -0.1) is 0 Å². The van der Waals surface area contributed by atoms with Crippen LogP contribution < -0.4 is 4.90 Å². The van der Waals surface area contributed by atoms with Crippen LogP contribution in [-0.2, 0) is 7.05 Å². The van der Waals surface area contributed by atoms with Crippen LogP contribution in [0.4, 0.5) is 17.1 Å². The number of rotatable bonds is 11. The Balaban J connectivity index is 0.797. The molecule has 0 saturated heterocycles. The lowest BCUT2D eigenvalue weighted by atomic mass is 9.95. The highest BCUT2D eigenvalue weighted by atomic mass is 15.1. The molecular weight excluding hydrogens is 809 g/mol. The predicted molar refractivity (Wildman–Crippen MR) is 286 cm³/mol. The van der Waals surface area contributed by atoms with E-state index in [2.05, 4.69) is 273 Å². The van der Waals surface area contributed by atoms with Gasteiger partial charge in [-0.1, -0.05) is 196 Å². The summed E-state index contributed by atoms with van der Waals surface area (Å²) in [6, 6.07) is 88.7. The molecule has 0 aliphatic rings. The molecule has 2 nitrogen and oxygen atoms in total. The molecule has 11 rings (SSSR count). The fraction of sp³-hybridized carbons (Fsp3) is 0.0769. The van der Waals surface area contributed by atoms with Gasteiger partial charge in [-0.2, -0.15) is 0 Å². The molecule has 322 valence electrons. The van der Waals surface area contributed by atoms with Gasteiger partial charge < -0.3 is 9.47 Å². The lowest BCUT2D eigenvalue weighted by molar-refractivity contribution is 0.734. The quantitative estimate of drug-likeness (QED) is 0.126. The topological polar surface area (TPSA) is 8.17 Å². The summed E-state index contributed by atoms with van der Waals surface area (Å²) in [4.78, 5) is 2.29. The largest absolute Gasteiger partial charge is 0.344 e. The van der Waals surface area contributed by atoms with Crippen LogP contribution >= 0.6 is 0 Å². The summed E-state index contributed by atoms with van der Waals surface area (Å²) in [5.41, 5.74) is 21.9. The number of para-hydroxylation sites is 2. The Morgan fingerprint density at radius 2 is 0.597 bits per heavy atom. The van der Waals surface area contributed by atoms with Crippen LogP contribution in [-0.4, -0.2) is 4.57 Å². The molecule has 0 bridgehead atoms. The number of benzene rings is 10. The lowest BCUT2D eigenvalue weighted by Gasteiger charge is -2.25. The second kappa shape index (κ2) is 18.0. The van der Waals surface area contributed by atoms with Gasteiger partial charge in [0.25, 0.3) is 0 Å². The van der Waals surface area contributed by atoms with Crippen molar-refractivity contribution in [1.82, 2.24) is 4.57 Å². The van der Waals surface area contributed by atoms with Crippen LogP contribution in [0.25, 0.3) is 88.6 Å². The standard InChI is InChI=1S/C65H52N2/c1-4-45(2)46-15-17-47(18-16-46)48-19-21-49(22-20-48)51-27-31-55(32-28-51)57-37-41-64-62(43-57)63-44-58(38-42-65(63)66(64)3)56-33-29-52(30-34-56)50-23-25-53(26-24-50)54-35-39-61(40-36-54)67(59-11-7-5-8-12-59)60-13-9-6-10-14-60/h5-45H,4H2,1-3H3/t45-/m1/s1. The molecule has 0 N–H and O–H groups in total. The maximum Gasteiger partial charge on any atom is 0.0489 e. The first-order chi connectivity index (χ1) is 33.0. The van der Waals surface area contributed by atoms with Crippen molar-refractivity contribution in [1.29, 1.82) is 0 Å². The Kier molecular flexibility index (Phi) is 11.1. The Morgan fingerprint density at radius 1 is 0.328 bits per heavy atom. The van der Waals surface area contributed by atoms with Crippen LogP contribution in [0.15, 0.2) is 243 Å². The number of aryl methyl sites for hydroxylation is 1. The van der Waals surface area contributed by atoms with E-state index in [1.807, 2.05) is 0 Å².